The van der Waals surface area contributed by atoms with Crippen LogP contribution in [0.2, 0.25) is 0 Å². The van der Waals surface area contributed by atoms with Gasteiger partial charge in [-0.25, -0.2) is 0 Å². The summed E-state index contributed by atoms with van der Waals surface area (Å²) in [5.41, 5.74) is 0. The van der Waals surface area contributed by atoms with Gasteiger partial charge in [0.2, 0.25) is 0 Å². The first-order valence-corrected chi connectivity index (χ1v) is 6.81. The standard InChI is InChI=1S/C13H11IS/c14-11-5-4-8-13(10-9-11)15-12-6-2-1-3-7-12/h1-4,6-10H,5H2/p+1. The molecule has 0 saturated heterocycles. The number of hydrogen-bond donors (Lipinski definition) is 0. The summed E-state index contributed by atoms with van der Waals surface area (Å²) in [6, 6.07) is 10.6. The third-order valence-corrected chi connectivity index (χ3v) is 3.96. The average Bonchev–Trinajstić information content (AvgIpc) is 2.46. The van der Waals surface area contributed by atoms with E-state index in [0.29, 0.717) is 0 Å². The van der Waals surface area contributed by atoms with Crippen molar-refractivity contribution in [2.24, 2.45) is 0 Å². The Morgan fingerprint density at radius 2 is 1.87 bits per heavy atom. The van der Waals surface area contributed by atoms with E-state index in [1.165, 1.54) is 25.1 Å². The Bertz CT molecular complexity index is 415. The number of allylic oxidation sites excluding steroid dienone is 5. The van der Waals surface area contributed by atoms with Crippen LogP contribution in [0.25, 0.3) is 0 Å². The van der Waals surface area contributed by atoms with Crippen molar-refractivity contribution in [3.8, 4) is 0 Å². The highest BCUT2D eigenvalue weighted by atomic mass is 127. The number of benzene rings is 1. The molecule has 1 aliphatic rings. The molecule has 1 aromatic carbocycles. The van der Waals surface area contributed by atoms with Crippen molar-refractivity contribution in [2.45, 2.75) is 11.3 Å². The van der Waals surface area contributed by atoms with Gasteiger partial charge >= 0.3 is 0 Å². The topological polar surface area (TPSA) is 0 Å². The monoisotopic (exact) mass is 327 g/mol. The first kappa shape index (κ1) is 11.0. The predicted molar refractivity (Wildman–Crippen MR) is 77.4 cm³/mol. The molecule has 1 aromatic rings. The minimum absolute atomic E-state index is 1.06. The first-order valence-electron chi connectivity index (χ1n) is 4.84. The van der Waals surface area contributed by atoms with Crippen LogP contribution in [-0.2, 0) is 11.8 Å². The van der Waals surface area contributed by atoms with Crippen molar-refractivity contribution < 1.29 is 0 Å². The first-order chi connectivity index (χ1) is 7.34. The van der Waals surface area contributed by atoms with Crippen LogP contribution in [-0.4, -0.2) is 0 Å². The van der Waals surface area contributed by atoms with Crippen molar-refractivity contribution in [3.63, 3.8) is 0 Å². The van der Waals surface area contributed by atoms with Crippen LogP contribution < -0.4 is 0 Å². The van der Waals surface area contributed by atoms with Gasteiger partial charge in [-0.1, -0.05) is 24.3 Å². The Labute approximate surface area is 108 Å². The Morgan fingerprint density at radius 1 is 1.07 bits per heavy atom. The molecular weight excluding hydrogens is 315 g/mol. The highest BCUT2D eigenvalue weighted by Gasteiger charge is 2.07. The zero-order valence-corrected chi connectivity index (χ0v) is 11.3. The van der Waals surface area contributed by atoms with Gasteiger partial charge in [0.25, 0.3) is 0 Å². The van der Waals surface area contributed by atoms with Gasteiger partial charge < -0.3 is 0 Å². The summed E-state index contributed by atoms with van der Waals surface area (Å²) in [6.45, 7) is 0. The molecule has 0 N–H and O–H groups in total. The Kier molecular flexibility index (Phi) is 4.09. The molecule has 15 heavy (non-hydrogen) atoms. The molecule has 0 heterocycles. The summed E-state index contributed by atoms with van der Waals surface area (Å²) in [7, 11) is 0. The second-order valence-electron chi connectivity index (χ2n) is 3.26. The summed E-state index contributed by atoms with van der Waals surface area (Å²) in [6.07, 6.45) is 9.92. The van der Waals surface area contributed by atoms with Gasteiger partial charge in [-0.15, -0.1) is 0 Å². The molecule has 0 atom stereocenters. The van der Waals surface area contributed by atoms with Crippen LogP contribution in [0, 0.1) is 0 Å². The fourth-order valence-corrected chi connectivity index (χ4v) is 2.70. The second-order valence-corrected chi connectivity index (χ2v) is 5.90. The maximum Gasteiger partial charge on any atom is 0.158 e. The fraction of sp³-hybridized carbons (Fsp3) is 0.0769. The van der Waals surface area contributed by atoms with Crippen LogP contribution in [0.3, 0.4) is 0 Å². The molecule has 0 spiro atoms. The zero-order chi connectivity index (χ0) is 10.5. The minimum atomic E-state index is 1.06. The predicted octanol–water partition coefficient (Wildman–Crippen LogP) is 4.02. The van der Waals surface area contributed by atoms with E-state index in [-0.39, 0.29) is 0 Å². The number of rotatable bonds is 2. The smallest absolute Gasteiger partial charge is 0.0747 e. The van der Waals surface area contributed by atoms with E-state index in [9.17, 15) is 0 Å². The summed E-state index contributed by atoms with van der Waals surface area (Å²) in [5.74, 6) is 0. The molecule has 0 amide bonds. The van der Waals surface area contributed by atoms with Gasteiger partial charge in [0, 0.05) is 11.8 Å². The van der Waals surface area contributed by atoms with Gasteiger partial charge in [0.1, 0.15) is 0 Å². The summed E-state index contributed by atoms with van der Waals surface area (Å²) < 4.78 is 1.39. The van der Waals surface area contributed by atoms with Crippen molar-refractivity contribution in [2.75, 3.05) is 0 Å². The van der Waals surface area contributed by atoms with Crippen LogP contribution >= 0.6 is 22.6 Å². The lowest BCUT2D eigenvalue weighted by Gasteiger charge is -1.90. The van der Waals surface area contributed by atoms with Crippen molar-refractivity contribution in [3.05, 3.63) is 63.1 Å². The summed E-state index contributed by atoms with van der Waals surface area (Å²) in [4.78, 5) is 2.70. The van der Waals surface area contributed by atoms with E-state index in [4.69, 9.17) is 0 Å². The van der Waals surface area contributed by atoms with Crippen LogP contribution in [0.4, 0.5) is 0 Å². The highest BCUT2D eigenvalue weighted by Crippen LogP contribution is 2.19. The number of hydrogen-bond acceptors (Lipinski definition) is 0. The fourth-order valence-electron chi connectivity index (χ4n) is 1.32. The Hall–Kier alpha value is -0.480. The maximum atomic E-state index is 2.38. The molecule has 0 saturated carbocycles. The lowest BCUT2D eigenvalue weighted by Crippen LogP contribution is -1.84. The van der Waals surface area contributed by atoms with Crippen LogP contribution in [0.15, 0.2) is 68.0 Å². The van der Waals surface area contributed by atoms with E-state index in [1.807, 2.05) is 0 Å². The van der Waals surface area contributed by atoms with Crippen molar-refractivity contribution in [1.29, 1.82) is 0 Å². The molecular formula is C13H12IS+. The van der Waals surface area contributed by atoms with Gasteiger partial charge in [-0.3, -0.25) is 0 Å². The normalized spacial score (nSPS) is 15.5. The lowest BCUT2D eigenvalue weighted by molar-refractivity contribution is 1.39. The molecule has 1 aliphatic carbocycles. The minimum Gasteiger partial charge on any atom is -0.0747 e. The average molecular weight is 327 g/mol. The highest BCUT2D eigenvalue weighted by molar-refractivity contribution is 14.1. The number of thiol groups is 1. The Balaban J connectivity index is 2.13. The van der Waals surface area contributed by atoms with E-state index in [2.05, 4.69) is 77.2 Å². The largest absolute Gasteiger partial charge is 0.158 e. The second kappa shape index (κ2) is 5.56. The summed E-state index contributed by atoms with van der Waals surface area (Å²) in [5, 5.41) is 0. The van der Waals surface area contributed by atoms with Crippen molar-refractivity contribution in [1.82, 2.24) is 0 Å². The molecule has 2 heteroatoms. The molecule has 0 unspecified atom stereocenters. The van der Waals surface area contributed by atoms with E-state index >= 15 is 0 Å². The molecule has 0 bridgehead atoms. The lowest BCUT2D eigenvalue weighted by atomic mass is 10.4. The summed E-state index contributed by atoms with van der Waals surface area (Å²) >= 11 is 3.67. The quantitative estimate of drug-likeness (QED) is 0.437. The van der Waals surface area contributed by atoms with E-state index in [1.54, 1.807) is 0 Å². The molecule has 0 nitrogen and oxygen atoms in total. The Morgan fingerprint density at radius 3 is 2.67 bits per heavy atom. The van der Waals surface area contributed by atoms with Gasteiger partial charge in [0.15, 0.2) is 9.80 Å². The molecule has 0 aliphatic heterocycles. The van der Waals surface area contributed by atoms with E-state index in [0.717, 1.165) is 6.42 Å². The van der Waals surface area contributed by atoms with Gasteiger partial charge in [0.05, 0.1) is 0 Å². The van der Waals surface area contributed by atoms with Crippen LogP contribution in [0.1, 0.15) is 6.42 Å². The molecule has 76 valence electrons. The molecule has 0 fully saturated rings. The molecule has 0 aromatic heterocycles. The SMILES string of the molecule is IC1=CC=C([SH+]c2ccccc2)C=CC1. The van der Waals surface area contributed by atoms with E-state index < -0.39 is 0 Å². The van der Waals surface area contributed by atoms with Crippen molar-refractivity contribution >= 4 is 34.4 Å². The van der Waals surface area contributed by atoms with Gasteiger partial charge in [-0.2, -0.15) is 0 Å². The van der Waals surface area contributed by atoms with Crippen LogP contribution in [0.5, 0.6) is 0 Å². The third-order valence-electron chi connectivity index (χ3n) is 2.05. The third kappa shape index (κ3) is 3.54. The van der Waals surface area contributed by atoms with Gasteiger partial charge in [-0.05, 0) is 63.0 Å². The maximum absolute atomic E-state index is 2.38. The molecule has 2 rings (SSSR count). The molecule has 0 radical (unpaired) electrons. The zero-order valence-electron chi connectivity index (χ0n) is 8.23. The number of halogens is 1.